The van der Waals surface area contributed by atoms with Gasteiger partial charge >= 0.3 is 0 Å². The second-order valence-corrected chi connectivity index (χ2v) is 7.42. The molecule has 116 valence electrons. The smallest absolute Gasteiger partial charge is 0.266 e. The highest BCUT2D eigenvalue weighted by molar-refractivity contribution is 9.10. The third-order valence-corrected chi connectivity index (χ3v) is 5.41. The third-order valence-electron chi connectivity index (χ3n) is 3.03. The van der Waals surface area contributed by atoms with Crippen LogP contribution >= 0.6 is 50.5 Å². The van der Waals surface area contributed by atoms with Gasteiger partial charge in [-0.2, -0.15) is 5.10 Å². The summed E-state index contributed by atoms with van der Waals surface area (Å²) in [6, 6.07) is 12.9. The molecular formula is C16H9BrCl2N2OS. The van der Waals surface area contributed by atoms with Gasteiger partial charge in [-0.05, 0) is 29.8 Å². The van der Waals surface area contributed by atoms with E-state index in [0.717, 1.165) is 20.1 Å². The number of hydrogen-bond donors (Lipinski definition) is 1. The van der Waals surface area contributed by atoms with Crippen LogP contribution in [0.2, 0.25) is 10.0 Å². The maximum Gasteiger partial charge on any atom is 0.283 e. The predicted octanol–water partition coefficient (Wildman–Crippen LogP) is 5.73. The van der Waals surface area contributed by atoms with Gasteiger partial charge in [-0.15, -0.1) is 11.3 Å². The van der Waals surface area contributed by atoms with Crippen LogP contribution in [0.5, 0.6) is 0 Å². The first kappa shape index (κ1) is 16.5. The van der Waals surface area contributed by atoms with E-state index in [9.17, 15) is 4.79 Å². The molecule has 3 aromatic rings. The molecule has 0 saturated carbocycles. The first-order valence-electron chi connectivity index (χ1n) is 6.51. The zero-order valence-corrected chi connectivity index (χ0v) is 15.4. The number of hydrogen-bond acceptors (Lipinski definition) is 3. The number of carbonyl (C=O) groups is 1. The Hall–Kier alpha value is -1.40. The fourth-order valence-corrected chi connectivity index (χ4v) is 4.09. The Balaban J connectivity index is 1.79. The van der Waals surface area contributed by atoms with Crippen LogP contribution in [0.1, 0.15) is 15.2 Å². The van der Waals surface area contributed by atoms with Crippen molar-refractivity contribution >= 4 is 72.7 Å². The Morgan fingerprint density at radius 3 is 2.83 bits per heavy atom. The van der Waals surface area contributed by atoms with E-state index >= 15 is 0 Å². The van der Waals surface area contributed by atoms with E-state index in [1.165, 1.54) is 11.3 Å². The first-order valence-corrected chi connectivity index (χ1v) is 8.87. The molecule has 3 nitrogen and oxygen atoms in total. The van der Waals surface area contributed by atoms with Crippen molar-refractivity contribution in [2.45, 2.75) is 0 Å². The summed E-state index contributed by atoms with van der Waals surface area (Å²) in [5.74, 6) is -0.349. The highest BCUT2D eigenvalue weighted by Gasteiger charge is 2.16. The molecule has 0 radical (unpaired) electrons. The normalized spacial score (nSPS) is 11.3. The van der Waals surface area contributed by atoms with E-state index in [1.54, 1.807) is 24.4 Å². The lowest BCUT2D eigenvalue weighted by molar-refractivity contribution is 0.0959. The summed E-state index contributed by atoms with van der Waals surface area (Å²) in [5.41, 5.74) is 3.36. The lowest BCUT2D eigenvalue weighted by atomic mass is 10.2. The molecule has 23 heavy (non-hydrogen) atoms. The van der Waals surface area contributed by atoms with Gasteiger partial charge < -0.3 is 0 Å². The number of nitrogens with zero attached hydrogens (tertiary/aromatic N) is 1. The topological polar surface area (TPSA) is 41.5 Å². The highest BCUT2D eigenvalue weighted by Crippen LogP contribution is 2.36. The summed E-state index contributed by atoms with van der Waals surface area (Å²) in [5, 5.41) is 5.79. The van der Waals surface area contributed by atoms with Crippen LogP contribution in [0.25, 0.3) is 10.1 Å². The van der Waals surface area contributed by atoms with Gasteiger partial charge in [0.1, 0.15) is 4.88 Å². The number of rotatable bonds is 3. The lowest BCUT2D eigenvalue weighted by Crippen LogP contribution is -2.16. The minimum atomic E-state index is -0.349. The molecule has 2 aromatic carbocycles. The van der Waals surface area contributed by atoms with Crippen LogP contribution in [-0.2, 0) is 0 Å². The number of carbonyl (C=O) groups excluding carboxylic acids is 1. The Morgan fingerprint density at radius 1 is 1.22 bits per heavy atom. The van der Waals surface area contributed by atoms with Crippen LogP contribution in [0, 0.1) is 0 Å². The van der Waals surface area contributed by atoms with Gasteiger partial charge in [0.2, 0.25) is 0 Å². The van der Waals surface area contributed by atoms with Crippen molar-refractivity contribution in [3.05, 3.63) is 67.4 Å². The van der Waals surface area contributed by atoms with E-state index in [4.69, 9.17) is 23.2 Å². The number of nitrogens with one attached hydrogen (secondary N) is 1. The molecule has 1 N–H and O–H groups in total. The third kappa shape index (κ3) is 3.75. The van der Waals surface area contributed by atoms with Crippen molar-refractivity contribution in [1.82, 2.24) is 5.43 Å². The van der Waals surface area contributed by atoms with Crippen LogP contribution in [0.15, 0.2) is 52.0 Å². The second-order valence-electron chi connectivity index (χ2n) is 4.64. The Kier molecular flexibility index (Phi) is 5.02. The van der Waals surface area contributed by atoms with Crippen molar-refractivity contribution < 1.29 is 4.79 Å². The number of fused-ring (bicyclic) bond motifs is 1. The number of halogens is 3. The SMILES string of the molecule is O=C(N/N=C/c1cccc(Br)c1)c1sc2cc(Cl)ccc2c1Cl. The number of amides is 1. The number of benzene rings is 2. The molecule has 1 amide bonds. The minimum Gasteiger partial charge on any atom is -0.266 e. The van der Waals surface area contributed by atoms with E-state index in [0.29, 0.717) is 14.9 Å². The average Bonchev–Trinajstić information content (AvgIpc) is 2.83. The van der Waals surface area contributed by atoms with E-state index in [1.807, 2.05) is 24.3 Å². The largest absolute Gasteiger partial charge is 0.283 e. The summed E-state index contributed by atoms with van der Waals surface area (Å²) >= 11 is 16.9. The van der Waals surface area contributed by atoms with E-state index < -0.39 is 0 Å². The lowest BCUT2D eigenvalue weighted by Gasteiger charge is -1.98. The molecule has 0 unspecified atom stereocenters. The molecule has 1 heterocycles. The zero-order chi connectivity index (χ0) is 16.4. The molecule has 0 spiro atoms. The molecule has 0 fully saturated rings. The molecule has 0 atom stereocenters. The molecule has 0 aliphatic carbocycles. The molecule has 3 rings (SSSR count). The van der Waals surface area contributed by atoms with Gasteiger partial charge in [0.05, 0.1) is 11.2 Å². The van der Waals surface area contributed by atoms with Crippen molar-refractivity contribution in [2.75, 3.05) is 0 Å². The average molecular weight is 428 g/mol. The standard InChI is InChI=1S/C16H9BrCl2N2OS/c17-10-3-1-2-9(6-10)8-20-21-16(22)15-14(19)12-5-4-11(18)7-13(12)23-15/h1-8H,(H,21,22)/b20-8+. The van der Waals surface area contributed by atoms with Gasteiger partial charge in [0, 0.05) is 19.6 Å². The van der Waals surface area contributed by atoms with Crippen molar-refractivity contribution in [3.63, 3.8) is 0 Å². The maximum atomic E-state index is 12.2. The molecule has 0 aliphatic heterocycles. The van der Waals surface area contributed by atoms with Gasteiger partial charge in [-0.1, -0.05) is 57.3 Å². The molecule has 0 aliphatic rings. The van der Waals surface area contributed by atoms with E-state index in [-0.39, 0.29) is 5.91 Å². The maximum absolute atomic E-state index is 12.2. The highest BCUT2D eigenvalue weighted by atomic mass is 79.9. The molecule has 7 heteroatoms. The minimum absolute atomic E-state index is 0.349. The molecule has 0 saturated heterocycles. The van der Waals surface area contributed by atoms with Crippen molar-refractivity contribution in [1.29, 1.82) is 0 Å². The van der Waals surface area contributed by atoms with E-state index in [2.05, 4.69) is 26.5 Å². The van der Waals surface area contributed by atoms with Crippen LogP contribution in [-0.4, -0.2) is 12.1 Å². The number of hydrazone groups is 1. The fourth-order valence-electron chi connectivity index (χ4n) is 1.99. The van der Waals surface area contributed by atoms with Gasteiger partial charge in [0.15, 0.2) is 0 Å². The summed E-state index contributed by atoms with van der Waals surface area (Å²) in [4.78, 5) is 12.6. The van der Waals surface area contributed by atoms with Crippen LogP contribution < -0.4 is 5.43 Å². The van der Waals surface area contributed by atoms with Crippen LogP contribution in [0.4, 0.5) is 0 Å². The van der Waals surface area contributed by atoms with Crippen molar-refractivity contribution in [3.8, 4) is 0 Å². The quantitative estimate of drug-likeness (QED) is 0.420. The summed E-state index contributed by atoms with van der Waals surface area (Å²) in [7, 11) is 0. The molecule has 0 bridgehead atoms. The Morgan fingerprint density at radius 2 is 2.04 bits per heavy atom. The monoisotopic (exact) mass is 426 g/mol. The molecular weight excluding hydrogens is 419 g/mol. The number of thiophene rings is 1. The first-order chi connectivity index (χ1) is 11.0. The van der Waals surface area contributed by atoms with Crippen LogP contribution in [0.3, 0.4) is 0 Å². The summed E-state index contributed by atoms with van der Waals surface area (Å²) in [6.45, 7) is 0. The predicted molar refractivity (Wildman–Crippen MR) is 101 cm³/mol. The second kappa shape index (κ2) is 7.01. The van der Waals surface area contributed by atoms with Gasteiger partial charge in [0.25, 0.3) is 5.91 Å². The van der Waals surface area contributed by atoms with Gasteiger partial charge in [-0.3, -0.25) is 4.79 Å². The van der Waals surface area contributed by atoms with Crippen molar-refractivity contribution in [2.24, 2.45) is 5.10 Å². The summed E-state index contributed by atoms with van der Waals surface area (Å²) < 4.78 is 1.81. The fraction of sp³-hybridized carbons (Fsp3) is 0. The Labute approximate surface area is 155 Å². The summed E-state index contributed by atoms with van der Waals surface area (Å²) in [6.07, 6.45) is 1.57. The Bertz CT molecular complexity index is 924. The zero-order valence-electron chi connectivity index (χ0n) is 11.5. The van der Waals surface area contributed by atoms with Gasteiger partial charge in [-0.25, -0.2) is 5.43 Å². The molecule has 1 aromatic heterocycles.